The van der Waals surface area contributed by atoms with Crippen molar-refractivity contribution in [3.63, 3.8) is 0 Å². The highest BCUT2D eigenvalue weighted by molar-refractivity contribution is 6.03. The normalized spacial score (nSPS) is 15.1. The van der Waals surface area contributed by atoms with Gasteiger partial charge in [-0.25, -0.2) is 8.78 Å². The van der Waals surface area contributed by atoms with E-state index < -0.39 is 13.0 Å². The van der Waals surface area contributed by atoms with Gasteiger partial charge < -0.3 is 14.1 Å². The van der Waals surface area contributed by atoms with Crippen LogP contribution in [0.1, 0.15) is 16.9 Å². The number of hydrogen-bond acceptors (Lipinski definition) is 5. The molecule has 9 heteroatoms. The maximum atomic E-state index is 13.3. The number of para-hydroxylation sites is 1. The number of halogens is 2. The largest absolute Gasteiger partial charge is 0.464 e. The van der Waals surface area contributed by atoms with Crippen LogP contribution < -0.4 is 0 Å². The maximum absolute atomic E-state index is 13.3. The zero-order chi connectivity index (χ0) is 21.4. The smallest absolute Gasteiger partial charge is 0.272 e. The minimum Gasteiger partial charge on any atom is -0.464 e. The summed E-state index contributed by atoms with van der Waals surface area (Å²) in [5, 5.41) is 5.86. The zero-order valence-electron chi connectivity index (χ0n) is 16.6. The Bertz CT molecular complexity index is 1240. The van der Waals surface area contributed by atoms with E-state index in [0.29, 0.717) is 54.0 Å². The Morgan fingerprint density at radius 3 is 2.90 bits per heavy atom. The zero-order valence-corrected chi connectivity index (χ0v) is 16.6. The SMILES string of the molecule is O=C(c1cc2c(cn1)c(-c1coc3ccccc13)nn2CC(F)F)N1CCCOCC1. The summed E-state index contributed by atoms with van der Waals surface area (Å²) in [5.41, 5.74) is 2.50. The minimum absolute atomic E-state index is 0.202. The van der Waals surface area contributed by atoms with Crippen LogP contribution in [0.2, 0.25) is 0 Å². The fourth-order valence-electron chi connectivity index (χ4n) is 3.93. The first-order chi connectivity index (χ1) is 15.1. The Labute approximate surface area is 176 Å². The van der Waals surface area contributed by atoms with E-state index in [1.54, 1.807) is 17.2 Å². The average Bonchev–Trinajstić information content (AvgIpc) is 3.22. The van der Waals surface area contributed by atoms with Crippen LogP contribution in [0.4, 0.5) is 8.78 Å². The van der Waals surface area contributed by atoms with Crippen LogP contribution in [-0.4, -0.2) is 58.3 Å². The fraction of sp³-hybridized carbons (Fsp3) is 0.318. The number of amides is 1. The highest BCUT2D eigenvalue weighted by Crippen LogP contribution is 2.34. The van der Waals surface area contributed by atoms with Crippen LogP contribution in [0, 0.1) is 0 Å². The van der Waals surface area contributed by atoms with Crippen molar-refractivity contribution >= 4 is 27.8 Å². The molecule has 7 nitrogen and oxygen atoms in total. The molecule has 31 heavy (non-hydrogen) atoms. The van der Waals surface area contributed by atoms with Crippen LogP contribution in [0.25, 0.3) is 33.1 Å². The number of rotatable bonds is 4. The number of ether oxygens (including phenoxy) is 1. The van der Waals surface area contributed by atoms with Gasteiger partial charge in [-0.2, -0.15) is 5.10 Å². The van der Waals surface area contributed by atoms with E-state index >= 15 is 0 Å². The standard InChI is InChI=1S/C22H20F2N4O3/c23-20(24)12-28-18-10-17(22(29)27-6-3-8-30-9-7-27)25-11-15(18)21(26-28)16-13-31-19-5-2-1-4-14(16)19/h1-2,4-5,10-11,13,20H,3,6-9,12H2. The Morgan fingerprint density at radius 1 is 1.16 bits per heavy atom. The van der Waals surface area contributed by atoms with Crippen LogP contribution in [0.5, 0.6) is 0 Å². The van der Waals surface area contributed by atoms with Crippen molar-refractivity contribution in [1.82, 2.24) is 19.7 Å². The molecule has 1 aliphatic rings. The summed E-state index contributed by atoms with van der Waals surface area (Å²) in [7, 11) is 0. The van der Waals surface area contributed by atoms with Crippen LogP contribution >= 0.6 is 0 Å². The molecule has 1 aliphatic heterocycles. The average molecular weight is 426 g/mol. The van der Waals surface area contributed by atoms with Crippen LogP contribution in [0.3, 0.4) is 0 Å². The summed E-state index contributed by atoms with van der Waals surface area (Å²) >= 11 is 0. The molecule has 0 atom stereocenters. The van der Waals surface area contributed by atoms with Crippen molar-refractivity contribution in [3.8, 4) is 11.3 Å². The lowest BCUT2D eigenvalue weighted by Gasteiger charge is -2.19. The van der Waals surface area contributed by atoms with Gasteiger partial charge in [0.05, 0.1) is 12.1 Å². The van der Waals surface area contributed by atoms with Gasteiger partial charge in [-0.05, 0) is 18.6 Å². The van der Waals surface area contributed by atoms with E-state index in [9.17, 15) is 13.6 Å². The van der Waals surface area contributed by atoms with E-state index in [4.69, 9.17) is 9.15 Å². The van der Waals surface area contributed by atoms with Crippen molar-refractivity contribution in [3.05, 3.63) is 48.5 Å². The van der Waals surface area contributed by atoms with Gasteiger partial charge in [-0.1, -0.05) is 18.2 Å². The summed E-state index contributed by atoms with van der Waals surface area (Å²) in [6.07, 6.45) is 1.25. The first kappa shape index (κ1) is 19.6. The van der Waals surface area contributed by atoms with Crippen LogP contribution in [0.15, 0.2) is 47.2 Å². The Hall–Kier alpha value is -3.33. The van der Waals surface area contributed by atoms with Crippen molar-refractivity contribution in [1.29, 1.82) is 0 Å². The summed E-state index contributed by atoms with van der Waals surface area (Å²) < 4.78 is 38.8. The number of carbonyl (C=O) groups is 1. The number of fused-ring (bicyclic) bond motifs is 2. The van der Waals surface area contributed by atoms with Gasteiger partial charge in [0.25, 0.3) is 12.3 Å². The van der Waals surface area contributed by atoms with Gasteiger partial charge in [0.15, 0.2) is 0 Å². The van der Waals surface area contributed by atoms with Gasteiger partial charge in [0, 0.05) is 42.2 Å². The van der Waals surface area contributed by atoms with Gasteiger partial charge in [0.2, 0.25) is 0 Å². The van der Waals surface area contributed by atoms with Crippen molar-refractivity contribution in [2.75, 3.05) is 26.3 Å². The third-order valence-electron chi connectivity index (χ3n) is 5.41. The monoisotopic (exact) mass is 426 g/mol. The molecule has 0 spiro atoms. The van der Waals surface area contributed by atoms with E-state index in [2.05, 4.69) is 10.1 Å². The number of benzene rings is 1. The molecule has 3 aromatic heterocycles. The van der Waals surface area contributed by atoms with Gasteiger partial charge in [0.1, 0.15) is 29.8 Å². The van der Waals surface area contributed by atoms with Gasteiger partial charge >= 0.3 is 0 Å². The second-order valence-corrected chi connectivity index (χ2v) is 7.41. The molecule has 1 amide bonds. The molecule has 4 aromatic rings. The van der Waals surface area contributed by atoms with Gasteiger partial charge in [-0.3, -0.25) is 14.5 Å². The van der Waals surface area contributed by atoms with Crippen molar-refractivity contribution in [2.24, 2.45) is 0 Å². The summed E-state index contributed by atoms with van der Waals surface area (Å²) in [6, 6.07) is 9.00. The molecule has 1 aromatic carbocycles. The second-order valence-electron chi connectivity index (χ2n) is 7.41. The second kappa shape index (κ2) is 8.07. The number of carbonyl (C=O) groups excluding carboxylic acids is 1. The maximum Gasteiger partial charge on any atom is 0.272 e. The topological polar surface area (TPSA) is 73.4 Å². The molecule has 1 saturated heterocycles. The van der Waals surface area contributed by atoms with Gasteiger partial charge in [-0.15, -0.1) is 0 Å². The first-order valence-electron chi connectivity index (χ1n) is 10.1. The first-order valence-corrected chi connectivity index (χ1v) is 10.1. The number of nitrogens with zero attached hydrogens (tertiary/aromatic N) is 4. The molecule has 5 rings (SSSR count). The predicted octanol–water partition coefficient (Wildman–Crippen LogP) is 3.97. The lowest BCUT2D eigenvalue weighted by molar-refractivity contribution is 0.0735. The molecule has 0 bridgehead atoms. The summed E-state index contributed by atoms with van der Waals surface area (Å²) in [6.45, 7) is 1.54. The Balaban J connectivity index is 1.61. The Morgan fingerprint density at radius 2 is 2.03 bits per heavy atom. The molecule has 0 radical (unpaired) electrons. The molecule has 0 N–H and O–H groups in total. The third-order valence-corrected chi connectivity index (χ3v) is 5.41. The lowest BCUT2D eigenvalue weighted by atomic mass is 10.1. The molecule has 1 fully saturated rings. The highest BCUT2D eigenvalue weighted by Gasteiger charge is 2.23. The number of alkyl halides is 2. The number of pyridine rings is 1. The summed E-state index contributed by atoms with van der Waals surface area (Å²) in [4.78, 5) is 19.0. The number of furan rings is 1. The molecule has 4 heterocycles. The molecule has 0 saturated carbocycles. The third kappa shape index (κ3) is 3.65. The van der Waals surface area contributed by atoms with Crippen LogP contribution in [-0.2, 0) is 11.3 Å². The number of hydrogen-bond donors (Lipinski definition) is 0. The molecular formula is C22H20F2N4O3. The van der Waals surface area contributed by atoms with E-state index in [-0.39, 0.29) is 11.6 Å². The fourth-order valence-corrected chi connectivity index (χ4v) is 3.93. The molecule has 0 aliphatic carbocycles. The molecular weight excluding hydrogens is 406 g/mol. The minimum atomic E-state index is -2.59. The highest BCUT2D eigenvalue weighted by atomic mass is 19.3. The Kier molecular flexibility index (Phi) is 5.11. The number of aromatic nitrogens is 3. The molecule has 0 unspecified atom stereocenters. The quantitative estimate of drug-likeness (QED) is 0.494. The molecule has 160 valence electrons. The summed E-state index contributed by atoms with van der Waals surface area (Å²) in [5.74, 6) is -0.243. The lowest BCUT2D eigenvalue weighted by Crippen LogP contribution is -2.33. The van der Waals surface area contributed by atoms with Crippen molar-refractivity contribution < 1.29 is 22.7 Å². The van der Waals surface area contributed by atoms with E-state index in [1.807, 2.05) is 24.3 Å². The predicted molar refractivity (Wildman–Crippen MR) is 110 cm³/mol. The van der Waals surface area contributed by atoms with Crippen molar-refractivity contribution in [2.45, 2.75) is 19.4 Å². The van der Waals surface area contributed by atoms with E-state index in [0.717, 1.165) is 11.8 Å². The van der Waals surface area contributed by atoms with E-state index in [1.165, 1.54) is 10.9 Å².